The average Bonchev–Trinajstić information content (AvgIpc) is 3.26. The van der Waals surface area contributed by atoms with Crippen LogP contribution in [0.4, 0.5) is 5.82 Å². The van der Waals surface area contributed by atoms with Gasteiger partial charge in [-0.05, 0) is 36.1 Å². The normalized spacial score (nSPS) is 10.8. The highest BCUT2D eigenvalue weighted by Gasteiger charge is 2.23. The number of methoxy groups -OCH3 is 1. The Kier molecular flexibility index (Phi) is 5.85. The molecule has 10 heteroatoms. The first-order valence-electron chi connectivity index (χ1n) is 8.49. The van der Waals surface area contributed by atoms with Crippen LogP contribution in [0.3, 0.4) is 0 Å². The van der Waals surface area contributed by atoms with Crippen LogP contribution in [0.15, 0.2) is 10.8 Å². The van der Waals surface area contributed by atoms with Crippen LogP contribution in [0, 0.1) is 11.8 Å². The van der Waals surface area contributed by atoms with Crippen molar-refractivity contribution in [1.29, 1.82) is 0 Å². The van der Waals surface area contributed by atoms with Crippen LogP contribution in [0.5, 0.6) is 5.75 Å². The zero-order valence-corrected chi connectivity index (χ0v) is 15.2. The molecule has 4 N–H and O–H groups in total. The molecule has 0 unspecified atom stereocenters. The van der Waals surface area contributed by atoms with Crippen LogP contribution in [-0.2, 0) is 11.3 Å². The van der Waals surface area contributed by atoms with Gasteiger partial charge in [-0.1, -0.05) is 5.92 Å². The van der Waals surface area contributed by atoms with Gasteiger partial charge in [0.25, 0.3) is 0 Å². The largest absolute Gasteiger partial charge is 0.490 e. The van der Waals surface area contributed by atoms with Gasteiger partial charge in [0.1, 0.15) is 23.3 Å². The highest BCUT2D eigenvalue weighted by Crippen LogP contribution is 2.33. The minimum atomic E-state index is 0.158. The molecule has 0 atom stereocenters. The number of ether oxygens (including phenoxy) is 2. The van der Waals surface area contributed by atoms with E-state index in [-0.39, 0.29) is 5.82 Å². The minimum absolute atomic E-state index is 0.158. The second kappa shape index (κ2) is 8.48. The number of aryl methyl sites for hydroxylation is 1. The fourth-order valence-corrected chi connectivity index (χ4v) is 2.61. The summed E-state index contributed by atoms with van der Waals surface area (Å²) in [5.74, 6) is 7.13. The number of fused-ring (bicyclic) bond motifs is 1. The van der Waals surface area contributed by atoms with Crippen molar-refractivity contribution >= 4 is 16.9 Å². The van der Waals surface area contributed by atoms with E-state index >= 15 is 0 Å². The lowest BCUT2D eigenvalue weighted by Crippen LogP contribution is -2.08. The number of hydrogen-bond donors (Lipinski definition) is 2. The molecule has 142 valence electrons. The van der Waals surface area contributed by atoms with Gasteiger partial charge in [-0.3, -0.25) is 0 Å². The van der Waals surface area contributed by atoms with Crippen LogP contribution in [0.1, 0.15) is 19.0 Å². The fourth-order valence-electron chi connectivity index (χ4n) is 2.61. The van der Waals surface area contributed by atoms with Gasteiger partial charge >= 0.3 is 0 Å². The van der Waals surface area contributed by atoms with Gasteiger partial charge in [0.2, 0.25) is 0 Å². The zero-order valence-electron chi connectivity index (χ0n) is 15.2. The summed E-state index contributed by atoms with van der Waals surface area (Å²) in [6.45, 7) is 3.88. The summed E-state index contributed by atoms with van der Waals surface area (Å²) in [5, 5.41) is 7.51. The second-order valence-corrected chi connectivity index (χ2v) is 5.57. The van der Waals surface area contributed by atoms with Crippen molar-refractivity contribution in [2.24, 2.45) is 5.73 Å². The lowest BCUT2D eigenvalue weighted by molar-refractivity contribution is 0.240. The second-order valence-electron chi connectivity index (χ2n) is 5.57. The first kappa shape index (κ1) is 18.6. The van der Waals surface area contributed by atoms with E-state index in [1.165, 1.54) is 0 Å². The molecule has 0 saturated heterocycles. The smallest absolute Gasteiger partial charge is 0.199 e. The summed E-state index contributed by atoms with van der Waals surface area (Å²) in [5.41, 5.74) is 13.6. The Hall–Kier alpha value is -3.16. The third-order valence-corrected chi connectivity index (χ3v) is 3.81. The molecular formula is C17H21N7O3. The van der Waals surface area contributed by atoms with Gasteiger partial charge in [0.15, 0.2) is 23.1 Å². The van der Waals surface area contributed by atoms with E-state index < -0.39 is 0 Å². The number of aromatic nitrogens is 5. The third kappa shape index (κ3) is 3.69. The molecule has 0 bridgehead atoms. The van der Waals surface area contributed by atoms with E-state index in [0.29, 0.717) is 54.8 Å². The van der Waals surface area contributed by atoms with Crippen molar-refractivity contribution < 1.29 is 14.1 Å². The Morgan fingerprint density at radius 1 is 1.33 bits per heavy atom. The molecule has 3 rings (SSSR count). The van der Waals surface area contributed by atoms with E-state index in [4.69, 9.17) is 25.6 Å². The van der Waals surface area contributed by atoms with Gasteiger partial charge < -0.3 is 25.5 Å². The first-order chi connectivity index (χ1) is 13.2. The SMILES string of the molecule is CCn1c(-c2nonc2N)nc2c(C#CCOC)ncc(OCCCN)c21. The Morgan fingerprint density at radius 3 is 2.85 bits per heavy atom. The molecule has 0 fully saturated rings. The molecule has 3 aromatic rings. The molecule has 0 amide bonds. The zero-order chi connectivity index (χ0) is 19.2. The Labute approximate surface area is 155 Å². The molecule has 0 aromatic carbocycles. The number of rotatable bonds is 7. The Balaban J connectivity index is 2.20. The standard InChI is InChI=1S/C17H21N7O3/c1-3-24-15-12(26-9-5-7-18)10-20-11(6-4-8-25-2)13(15)21-17(24)14-16(19)23-27-22-14/h10H,3,5,7-9,18H2,1-2H3,(H2,19,23). The minimum Gasteiger partial charge on any atom is -0.490 e. The highest BCUT2D eigenvalue weighted by atomic mass is 16.6. The van der Waals surface area contributed by atoms with E-state index in [2.05, 4.69) is 32.1 Å². The van der Waals surface area contributed by atoms with Crippen molar-refractivity contribution in [2.45, 2.75) is 19.9 Å². The monoisotopic (exact) mass is 371 g/mol. The average molecular weight is 371 g/mol. The van der Waals surface area contributed by atoms with Crippen LogP contribution in [0.25, 0.3) is 22.6 Å². The number of nitrogen functional groups attached to an aromatic ring is 1. The Bertz CT molecular complexity index is 984. The lowest BCUT2D eigenvalue weighted by Gasteiger charge is -2.10. The molecule has 10 nitrogen and oxygen atoms in total. The topological polar surface area (TPSA) is 140 Å². The fraction of sp³-hybridized carbons (Fsp3) is 0.412. The number of nitrogens with zero attached hydrogens (tertiary/aromatic N) is 5. The molecular weight excluding hydrogens is 350 g/mol. The molecule has 0 radical (unpaired) electrons. The highest BCUT2D eigenvalue weighted by molar-refractivity contribution is 5.89. The molecule has 3 heterocycles. The summed E-state index contributed by atoms with van der Waals surface area (Å²) in [7, 11) is 1.58. The predicted octanol–water partition coefficient (Wildman–Crippen LogP) is 0.809. The van der Waals surface area contributed by atoms with E-state index in [0.717, 1.165) is 11.9 Å². The van der Waals surface area contributed by atoms with E-state index in [9.17, 15) is 0 Å². The van der Waals surface area contributed by atoms with Gasteiger partial charge in [-0.2, -0.15) is 0 Å². The molecule has 0 saturated carbocycles. The van der Waals surface area contributed by atoms with Crippen molar-refractivity contribution in [3.05, 3.63) is 11.9 Å². The summed E-state index contributed by atoms with van der Waals surface area (Å²) < 4.78 is 17.5. The molecule has 27 heavy (non-hydrogen) atoms. The number of pyridine rings is 1. The summed E-state index contributed by atoms with van der Waals surface area (Å²) in [4.78, 5) is 9.06. The first-order valence-corrected chi connectivity index (χ1v) is 8.49. The van der Waals surface area contributed by atoms with Crippen molar-refractivity contribution in [2.75, 3.05) is 32.6 Å². The molecule has 0 aliphatic carbocycles. The Morgan fingerprint density at radius 2 is 2.19 bits per heavy atom. The van der Waals surface area contributed by atoms with Crippen molar-refractivity contribution in [3.8, 4) is 29.1 Å². The number of nitrogens with two attached hydrogens (primary N) is 2. The maximum atomic E-state index is 5.88. The summed E-state index contributed by atoms with van der Waals surface area (Å²) >= 11 is 0. The third-order valence-electron chi connectivity index (χ3n) is 3.81. The number of hydrogen-bond acceptors (Lipinski definition) is 9. The summed E-state index contributed by atoms with van der Waals surface area (Å²) in [6, 6.07) is 0. The van der Waals surface area contributed by atoms with Gasteiger partial charge in [-0.15, -0.1) is 0 Å². The molecule has 0 aliphatic heterocycles. The molecule has 3 aromatic heterocycles. The molecule has 0 aliphatic rings. The van der Waals surface area contributed by atoms with Crippen molar-refractivity contribution in [1.82, 2.24) is 24.8 Å². The van der Waals surface area contributed by atoms with Crippen LogP contribution in [0.2, 0.25) is 0 Å². The predicted molar refractivity (Wildman–Crippen MR) is 98.8 cm³/mol. The number of imidazole rings is 1. The van der Waals surface area contributed by atoms with Gasteiger partial charge in [0.05, 0.1) is 12.8 Å². The lowest BCUT2D eigenvalue weighted by atomic mass is 10.2. The van der Waals surface area contributed by atoms with Crippen LogP contribution < -0.4 is 16.2 Å². The van der Waals surface area contributed by atoms with Crippen LogP contribution in [-0.4, -0.2) is 51.7 Å². The maximum Gasteiger partial charge on any atom is 0.199 e. The maximum absolute atomic E-state index is 5.88. The van der Waals surface area contributed by atoms with E-state index in [1.807, 2.05) is 11.5 Å². The van der Waals surface area contributed by atoms with Crippen LogP contribution >= 0.6 is 0 Å². The van der Waals surface area contributed by atoms with Crippen molar-refractivity contribution in [3.63, 3.8) is 0 Å². The van der Waals surface area contributed by atoms with Gasteiger partial charge in [0, 0.05) is 13.7 Å². The molecule has 0 spiro atoms. The van der Waals surface area contributed by atoms with E-state index in [1.54, 1.807) is 13.3 Å². The number of anilines is 1. The summed E-state index contributed by atoms with van der Waals surface area (Å²) in [6.07, 6.45) is 2.36. The van der Waals surface area contributed by atoms with Gasteiger partial charge in [-0.25, -0.2) is 14.6 Å². The quantitative estimate of drug-likeness (QED) is 0.456.